The SMILES string of the molecule is c1ccc(-c2c3ccccc3c(-c3ccc(-c4c5ccccc5c(-c5ccccc5)c5ccncc45)cc3)c3cnccc23)cc1. The highest BCUT2D eigenvalue weighted by Crippen LogP contribution is 2.46. The summed E-state index contributed by atoms with van der Waals surface area (Å²) in [7, 11) is 0. The number of hydrogen-bond donors (Lipinski definition) is 0. The van der Waals surface area contributed by atoms with Crippen molar-refractivity contribution in [3.63, 3.8) is 0 Å². The van der Waals surface area contributed by atoms with E-state index >= 15 is 0 Å². The maximum Gasteiger partial charge on any atom is 0.0353 e. The summed E-state index contributed by atoms with van der Waals surface area (Å²) in [5, 5.41) is 9.65. The van der Waals surface area contributed by atoms with Crippen molar-refractivity contribution in [1.82, 2.24) is 9.97 Å². The fraction of sp³-hybridized carbons (Fsp3) is 0. The van der Waals surface area contributed by atoms with Crippen molar-refractivity contribution in [2.75, 3.05) is 0 Å². The van der Waals surface area contributed by atoms with Gasteiger partial charge in [0.1, 0.15) is 0 Å². The van der Waals surface area contributed by atoms with Gasteiger partial charge in [-0.05, 0) is 89.0 Å². The molecule has 2 aromatic heterocycles. The van der Waals surface area contributed by atoms with Crippen molar-refractivity contribution in [3.8, 4) is 44.5 Å². The monoisotopic (exact) mass is 584 g/mol. The van der Waals surface area contributed by atoms with Crippen LogP contribution in [0.3, 0.4) is 0 Å². The minimum Gasteiger partial charge on any atom is -0.264 e. The predicted molar refractivity (Wildman–Crippen MR) is 194 cm³/mol. The second-order valence-electron chi connectivity index (χ2n) is 11.7. The summed E-state index contributed by atoms with van der Waals surface area (Å²) >= 11 is 0. The topological polar surface area (TPSA) is 25.8 Å². The standard InChI is InChI=1S/C44H28N2/c1-3-11-29(12-4-1)41-33-15-7-9-17-35(33)43(39-27-45-25-23-37(39)41)31-19-21-32(22-20-31)44-36-18-10-8-16-34(36)42(30-13-5-2-6-14-30)38-24-26-46-28-40(38)44/h1-28H. The van der Waals surface area contributed by atoms with E-state index in [-0.39, 0.29) is 0 Å². The summed E-state index contributed by atoms with van der Waals surface area (Å²) in [5.74, 6) is 0. The van der Waals surface area contributed by atoms with Crippen molar-refractivity contribution >= 4 is 43.1 Å². The molecule has 46 heavy (non-hydrogen) atoms. The van der Waals surface area contributed by atoms with Crippen molar-refractivity contribution in [2.24, 2.45) is 0 Å². The first kappa shape index (κ1) is 26.3. The Morgan fingerprint density at radius 1 is 0.239 bits per heavy atom. The third-order valence-electron chi connectivity index (χ3n) is 9.24. The Balaban J connectivity index is 1.28. The molecule has 0 saturated heterocycles. The molecule has 214 valence electrons. The van der Waals surface area contributed by atoms with Crippen LogP contribution in [0.1, 0.15) is 0 Å². The largest absolute Gasteiger partial charge is 0.264 e. The maximum absolute atomic E-state index is 4.60. The second-order valence-corrected chi connectivity index (χ2v) is 11.7. The van der Waals surface area contributed by atoms with Gasteiger partial charge in [0, 0.05) is 35.6 Å². The first-order chi connectivity index (χ1) is 22.9. The van der Waals surface area contributed by atoms with Crippen molar-refractivity contribution in [3.05, 3.63) is 170 Å². The van der Waals surface area contributed by atoms with Crippen LogP contribution in [0.5, 0.6) is 0 Å². The Bertz CT molecular complexity index is 2260. The molecule has 9 aromatic rings. The van der Waals surface area contributed by atoms with Crippen LogP contribution in [0, 0.1) is 0 Å². The zero-order chi connectivity index (χ0) is 30.5. The van der Waals surface area contributed by atoms with Crippen LogP contribution < -0.4 is 0 Å². The van der Waals surface area contributed by atoms with Crippen LogP contribution in [0.25, 0.3) is 87.6 Å². The minimum atomic E-state index is 1.15. The molecule has 0 fully saturated rings. The van der Waals surface area contributed by atoms with E-state index in [4.69, 9.17) is 0 Å². The molecule has 0 unspecified atom stereocenters. The molecule has 2 heterocycles. The average Bonchev–Trinajstić information content (AvgIpc) is 3.13. The highest BCUT2D eigenvalue weighted by Gasteiger charge is 2.19. The zero-order valence-electron chi connectivity index (χ0n) is 25.1. The van der Waals surface area contributed by atoms with Crippen LogP contribution >= 0.6 is 0 Å². The van der Waals surface area contributed by atoms with Gasteiger partial charge in [-0.3, -0.25) is 9.97 Å². The highest BCUT2D eigenvalue weighted by atomic mass is 14.6. The van der Waals surface area contributed by atoms with Gasteiger partial charge >= 0.3 is 0 Å². The van der Waals surface area contributed by atoms with E-state index in [1.807, 2.05) is 24.8 Å². The third-order valence-corrected chi connectivity index (χ3v) is 9.24. The van der Waals surface area contributed by atoms with E-state index in [1.165, 1.54) is 76.8 Å². The van der Waals surface area contributed by atoms with Gasteiger partial charge in [0.05, 0.1) is 0 Å². The fourth-order valence-corrected chi connectivity index (χ4v) is 7.30. The Kier molecular flexibility index (Phi) is 6.17. The van der Waals surface area contributed by atoms with E-state index in [0.29, 0.717) is 0 Å². The molecular weight excluding hydrogens is 556 g/mol. The van der Waals surface area contributed by atoms with E-state index in [2.05, 4.69) is 156 Å². The van der Waals surface area contributed by atoms with E-state index < -0.39 is 0 Å². The molecule has 0 spiro atoms. The summed E-state index contributed by atoms with van der Waals surface area (Å²) in [5.41, 5.74) is 9.68. The predicted octanol–water partition coefficient (Wildman–Crippen LogP) is 11.8. The Labute approximate surface area is 267 Å². The molecule has 2 nitrogen and oxygen atoms in total. The van der Waals surface area contributed by atoms with Gasteiger partial charge in [-0.1, -0.05) is 133 Å². The Morgan fingerprint density at radius 3 is 0.891 bits per heavy atom. The summed E-state index contributed by atoms with van der Waals surface area (Å²) in [6.45, 7) is 0. The minimum absolute atomic E-state index is 1.15. The maximum atomic E-state index is 4.60. The highest BCUT2D eigenvalue weighted by molar-refractivity contribution is 6.23. The number of rotatable bonds is 4. The average molecular weight is 585 g/mol. The number of hydrogen-bond acceptors (Lipinski definition) is 2. The molecule has 0 aliphatic rings. The number of fused-ring (bicyclic) bond motifs is 4. The van der Waals surface area contributed by atoms with Crippen LogP contribution in [0.15, 0.2) is 170 Å². The lowest BCUT2D eigenvalue weighted by Crippen LogP contribution is -1.93. The van der Waals surface area contributed by atoms with Crippen molar-refractivity contribution < 1.29 is 0 Å². The van der Waals surface area contributed by atoms with Gasteiger partial charge in [-0.2, -0.15) is 0 Å². The molecule has 0 N–H and O–H groups in total. The van der Waals surface area contributed by atoms with Crippen LogP contribution in [0.2, 0.25) is 0 Å². The van der Waals surface area contributed by atoms with Gasteiger partial charge in [0.15, 0.2) is 0 Å². The van der Waals surface area contributed by atoms with Gasteiger partial charge in [0.2, 0.25) is 0 Å². The summed E-state index contributed by atoms with van der Waals surface area (Å²) < 4.78 is 0. The quantitative estimate of drug-likeness (QED) is 0.192. The fourth-order valence-electron chi connectivity index (χ4n) is 7.30. The normalized spacial score (nSPS) is 11.5. The second kappa shape index (κ2) is 10.8. The molecule has 0 atom stereocenters. The van der Waals surface area contributed by atoms with Gasteiger partial charge in [-0.25, -0.2) is 0 Å². The third kappa shape index (κ3) is 4.12. The zero-order valence-corrected chi connectivity index (χ0v) is 25.1. The van der Waals surface area contributed by atoms with E-state index in [1.54, 1.807) is 0 Å². The molecule has 0 bridgehead atoms. The molecule has 0 amide bonds. The molecule has 9 rings (SSSR count). The number of nitrogens with zero attached hydrogens (tertiary/aromatic N) is 2. The van der Waals surface area contributed by atoms with E-state index in [0.717, 1.165) is 10.8 Å². The number of pyridine rings is 2. The Hall–Kier alpha value is -6.12. The van der Waals surface area contributed by atoms with E-state index in [9.17, 15) is 0 Å². The summed E-state index contributed by atoms with van der Waals surface area (Å²) in [6, 6.07) is 52.3. The van der Waals surface area contributed by atoms with Gasteiger partial charge in [-0.15, -0.1) is 0 Å². The number of aromatic nitrogens is 2. The first-order valence-corrected chi connectivity index (χ1v) is 15.7. The van der Waals surface area contributed by atoms with Gasteiger partial charge in [0.25, 0.3) is 0 Å². The first-order valence-electron chi connectivity index (χ1n) is 15.7. The molecule has 2 heteroatoms. The van der Waals surface area contributed by atoms with Crippen LogP contribution in [-0.2, 0) is 0 Å². The van der Waals surface area contributed by atoms with Crippen LogP contribution in [0.4, 0.5) is 0 Å². The molecule has 7 aromatic carbocycles. The lowest BCUT2D eigenvalue weighted by Gasteiger charge is -2.19. The smallest absolute Gasteiger partial charge is 0.0353 e. The number of benzene rings is 7. The summed E-state index contributed by atoms with van der Waals surface area (Å²) in [4.78, 5) is 9.20. The molecule has 0 aliphatic heterocycles. The molecular formula is C44H28N2. The molecule has 0 aliphatic carbocycles. The van der Waals surface area contributed by atoms with Crippen molar-refractivity contribution in [1.29, 1.82) is 0 Å². The lowest BCUT2D eigenvalue weighted by atomic mass is 9.85. The summed E-state index contributed by atoms with van der Waals surface area (Å²) in [6.07, 6.45) is 7.85. The van der Waals surface area contributed by atoms with Crippen molar-refractivity contribution in [2.45, 2.75) is 0 Å². The van der Waals surface area contributed by atoms with Crippen LogP contribution in [-0.4, -0.2) is 9.97 Å². The molecule has 0 radical (unpaired) electrons. The Morgan fingerprint density at radius 2 is 0.522 bits per heavy atom. The lowest BCUT2D eigenvalue weighted by molar-refractivity contribution is 1.36. The molecule has 0 saturated carbocycles. The van der Waals surface area contributed by atoms with Gasteiger partial charge < -0.3 is 0 Å².